The molecule has 22 heavy (non-hydrogen) atoms. The van der Waals surface area contributed by atoms with Crippen molar-refractivity contribution in [3.8, 4) is 11.5 Å². The van der Waals surface area contributed by atoms with Gasteiger partial charge in [0, 0.05) is 17.3 Å². The van der Waals surface area contributed by atoms with Crippen LogP contribution in [0.15, 0.2) is 36.4 Å². The molecule has 1 N–H and O–H groups in total. The Hall–Kier alpha value is -2.80. The van der Waals surface area contributed by atoms with Crippen molar-refractivity contribution in [2.45, 2.75) is 0 Å². The Labute approximate surface area is 129 Å². The lowest BCUT2D eigenvalue weighted by Gasteiger charge is -2.06. The van der Waals surface area contributed by atoms with E-state index in [0.717, 1.165) is 0 Å². The van der Waals surface area contributed by atoms with Crippen LogP contribution >= 0.6 is 11.6 Å². The number of amides is 1. The van der Waals surface area contributed by atoms with Crippen LogP contribution in [-0.4, -0.2) is 17.6 Å². The molecule has 0 saturated carbocycles. The summed E-state index contributed by atoms with van der Waals surface area (Å²) in [7, 11) is 0. The van der Waals surface area contributed by atoms with E-state index in [1.54, 1.807) is 18.2 Å². The van der Waals surface area contributed by atoms with E-state index in [-0.39, 0.29) is 23.2 Å². The molecule has 8 heteroatoms. The summed E-state index contributed by atoms with van der Waals surface area (Å²) in [5.74, 6) is 0.628. The second kappa shape index (κ2) is 5.53. The Kier molecular flexibility index (Phi) is 3.56. The van der Waals surface area contributed by atoms with E-state index in [1.807, 2.05) is 0 Å². The number of nitro benzene ring substituents is 1. The molecule has 112 valence electrons. The minimum absolute atomic E-state index is 0.00563. The third-order valence-corrected chi connectivity index (χ3v) is 3.36. The Morgan fingerprint density at radius 3 is 2.73 bits per heavy atom. The van der Waals surface area contributed by atoms with Gasteiger partial charge < -0.3 is 14.8 Å². The highest BCUT2D eigenvalue weighted by molar-refractivity contribution is 6.32. The third kappa shape index (κ3) is 2.66. The van der Waals surface area contributed by atoms with Gasteiger partial charge in [0.25, 0.3) is 11.6 Å². The summed E-state index contributed by atoms with van der Waals surface area (Å²) < 4.78 is 10.4. The molecule has 7 nitrogen and oxygen atoms in total. The zero-order valence-electron chi connectivity index (χ0n) is 11.0. The van der Waals surface area contributed by atoms with E-state index in [2.05, 4.69) is 5.32 Å². The van der Waals surface area contributed by atoms with Crippen molar-refractivity contribution in [3.05, 3.63) is 57.1 Å². The monoisotopic (exact) mass is 320 g/mol. The number of anilines is 1. The van der Waals surface area contributed by atoms with E-state index < -0.39 is 10.8 Å². The smallest absolute Gasteiger partial charge is 0.289 e. The lowest BCUT2D eigenvalue weighted by atomic mass is 10.2. The Bertz CT molecular complexity index is 778. The number of hydrogen-bond donors (Lipinski definition) is 1. The molecule has 0 spiro atoms. The molecule has 2 aromatic rings. The maximum Gasteiger partial charge on any atom is 0.289 e. The average Bonchev–Trinajstić information content (AvgIpc) is 2.96. The fraction of sp³-hybridized carbons (Fsp3) is 0.0714. The number of carbonyl (C=O) groups is 1. The van der Waals surface area contributed by atoms with Gasteiger partial charge in [-0.25, -0.2) is 0 Å². The molecule has 0 aromatic heterocycles. The first-order valence-corrected chi connectivity index (χ1v) is 6.57. The van der Waals surface area contributed by atoms with E-state index in [9.17, 15) is 14.9 Å². The lowest BCUT2D eigenvalue weighted by molar-refractivity contribution is -0.384. The van der Waals surface area contributed by atoms with E-state index in [4.69, 9.17) is 21.1 Å². The lowest BCUT2D eigenvalue weighted by Crippen LogP contribution is -2.12. The zero-order valence-corrected chi connectivity index (χ0v) is 11.8. The minimum Gasteiger partial charge on any atom is -0.454 e. The molecule has 0 unspecified atom stereocenters. The molecule has 0 atom stereocenters. The first-order valence-electron chi connectivity index (χ1n) is 6.19. The average molecular weight is 321 g/mol. The highest BCUT2D eigenvalue weighted by atomic mass is 35.5. The van der Waals surface area contributed by atoms with Crippen LogP contribution in [0.25, 0.3) is 0 Å². The fourth-order valence-corrected chi connectivity index (χ4v) is 2.16. The largest absolute Gasteiger partial charge is 0.454 e. The van der Waals surface area contributed by atoms with Gasteiger partial charge in [0.05, 0.1) is 4.92 Å². The van der Waals surface area contributed by atoms with Crippen LogP contribution in [0, 0.1) is 10.1 Å². The second-order valence-corrected chi connectivity index (χ2v) is 4.85. The fourth-order valence-electron chi connectivity index (χ4n) is 1.97. The van der Waals surface area contributed by atoms with E-state index >= 15 is 0 Å². The third-order valence-electron chi connectivity index (χ3n) is 3.04. The predicted octanol–water partition coefficient (Wildman–Crippen LogP) is 3.23. The molecule has 0 saturated heterocycles. The molecule has 2 aromatic carbocycles. The molecule has 1 aliphatic heterocycles. The number of nitro groups is 1. The number of hydrogen-bond acceptors (Lipinski definition) is 5. The summed E-state index contributed by atoms with van der Waals surface area (Å²) in [6.45, 7) is 0.115. The number of halogens is 1. The molecule has 0 radical (unpaired) electrons. The topological polar surface area (TPSA) is 90.7 Å². The quantitative estimate of drug-likeness (QED) is 0.692. The van der Waals surface area contributed by atoms with Crippen LogP contribution < -0.4 is 14.8 Å². The summed E-state index contributed by atoms with van der Waals surface area (Å²) in [5, 5.41) is 13.4. The van der Waals surface area contributed by atoms with Gasteiger partial charge in [-0.05, 0) is 30.3 Å². The number of rotatable bonds is 3. The maximum atomic E-state index is 12.2. The van der Waals surface area contributed by atoms with Crippen molar-refractivity contribution < 1.29 is 19.2 Å². The van der Waals surface area contributed by atoms with Crippen molar-refractivity contribution in [1.29, 1.82) is 0 Å². The number of carbonyl (C=O) groups excluding carboxylic acids is 1. The normalized spacial score (nSPS) is 12.0. The Morgan fingerprint density at radius 1 is 1.18 bits per heavy atom. The minimum atomic E-state index is -0.613. The van der Waals surface area contributed by atoms with Gasteiger partial charge in [0.2, 0.25) is 6.79 Å². The van der Waals surface area contributed by atoms with Gasteiger partial charge in [-0.3, -0.25) is 14.9 Å². The molecule has 0 aliphatic carbocycles. The van der Waals surface area contributed by atoms with Crippen LogP contribution in [0.2, 0.25) is 5.02 Å². The maximum absolute atomic E-state index is 12.2. The van der Waals surface area contributed by atoms with Gasteiger partial charge in [-0.1, -0.05) is 11.6 Å². The zero-order chi connectivity index (χ0) is 15.7. The number of ether oxygens (including phenoxy) is 2. The first-order chi connectivity index (χ1) is 10.5. The van der Waals surface area contributed by atoms with Crippen LogP contribution in [0.3, 0.4) is 0 Å². The van der Waals surface area contributed by atoms with Crippen molar-refractivity contribution in [1.82, 2.24) is 0 Å². The summed E-state index contributed by atoms with van der Waals surface area (Å²) in [6.07, 6.45) is 0. The van der Waals surface area contributed by atoms with E-state index in [0.29, 0.717) is 17.1 Å². The van der Waals surface area contributed by atoms with Gasteiger partial charge >= 0.3 is 0 Å². The highest BCUT2D eigenvalue weighted by Gasteiger charge is 2.18. The summed E-state index contributed by atoms with van der Waals surface area (Å²) in [4.78, 5) is 22.4. The van der Waals surface area contributed by atoms with Gasteiger partial charge in [-0.2, -0.15) is 0 Å². The molecule has 0 bridgehead atoms. The number of nitrogens with zero attached hydrogens (tertiary/aromatic N) is 1. The van der Waals surface area contributed by atoms with Gasteiger partial charge in [0.1, 0.15) is 5.02 Å². The summed E-state index contributed by atoms with van der Waals surface area (Å²) in [5.41, 5.74) is 0.353. The number of nitrogens with one attached hydrogen (secondary N) is 1. The van der Waals surface area contributed by atoms with Gasteiger partial charge in [0.15, 0.2) is 11.5 Å². The van der Waals surface area contributed by atoms with Crippen molar-refractivity contribution in [2.75, 3.05) is 12.1 Å². The first kappa shape index (κ1) is 14.2. The van der Waals surface area contributed by atoms with Crippen molar-refractivity contribution in [2.24, 2.45) is 0 Å². The molecule has 0 fully saturated rings. The molecule has 1 aliphatic rings. The molecule has 1 heterocycles. The number of fused-ring (bicyclic) bond motifs is 1. The van der Waals surface area contributed by atoms with Crippen molar-refractivity contribution >= 4 is 28.9 Å². The number of benzene rings is 2. The Balaban J connectivity index is 1.82. The van der Waals surface area contributed by atoms with Gasteiger partial charge in [-0.15, -0.1) is 0 Å². The highest BCUT2D eigenvalue weighted by Crippen LogP contribution is 2.33. The summed E-state index contributed by atoms with van der Waals surface area (Å²) in [6, 6.07) is 8.79. The second-order valence-electron chi connectivity index (χ2n) is 4.45. The SMILES string of the molecule is O=C(Nc1ccc(Cl)c([N+](=O)[O-])c1)c1ccc2c(c1)OCO2. The van der Waals surface area contributed by atoms with Crippen LogP contribution in [-0.2, 0) is 0 Å². The predicted molar refractivity (Wildman–Crippen MR) is 78.6 cm³/mol. The Morgan fingerprint density at radius 2 is 1.95 bits per heavy atom. The van der Waals surface area contributed by atoms with Crippen LogP contribution in [0.4, 0.5) is 11.4 Å². The van der Waals surface area contributed by atoms with Crippen LogP contribution in [0.5, 0.6) is 11.5 Å². The molecule has 1 amide bonds. The molecule has 3 rings (SSSR count). The molecular weight excluding hydrogens is 312 g/mol. The van der Waals surface area contributed by atoms with Crippen molar-refractivity contribution in [3.63, 3.8) is 0 Å². The van der Waals surface area contributed by atoms with E-state index in [1.165, 1.54) is 18.2 Å². The standard InChI is InChI=1S/C14H9ClN2O5/c15-10-3-2-9(6-11(10)17(19)20)16-14(18)8-1-4-12-13(5-8)22-7-21-12/h1-6H,7H2,(H,16,18). The van der Waals surface area contributed by atoms with Crippen LogP contribution in [0.1, 0.15) is 10.4 Å². The summed E-state index contributed by atoms with van der Waals surface area (Å²) >= 11 is 5.72. The molecular formula is C14H9ClN2O5.